The van der Waals surface area contributed by atoms with Crippen molar-refractivity contribution in [2.45, 2.75) is 51.6 Å². The van der Waals surface area contributed by atoms with Crippen molar-refractivity contribution in [2.75, 3.05) is 31.7 Å². The molecule has 8 heteroatoms. The summed E-state index contributed by atoms with van der Waals surface area (Å²) in [6, 6.07) is 6.32. The summed E-state index contributed by atoms with van der Waals surface area (Å²) in [7, 11) is 1.58. The molecule has 2 aliphatic rings. The normalized spacial score (nSPS) is 22.2. The number of nitrogens with zero attached hydrogens (tertiary/aromatic N) is 2. The molecule has 0 aliphatic carbocycles. The summed E-state index contributed by atoms with van der Waals surface area (Å²) in [5, 5.41) is 12.5. The Morgan fingerprint density at radius 3 is 2.58 bits per heavy atom. The molecule has 2 heterocycles. The molecular weight excluding hydrogens is 398 g/mol. The van der Waals surface area contributed by atoms with Gasteiger partial charge < -0.3 is 25.0 Å². The van der Waals surface area contributed by atoms with Gasteiger partial charge in [-0.25, -0.2) is 0 Å². The van der Waals surface area contributed by atoms with Gasteiger partial charge in [0.15, 0.2) is 0 Å². The van der Waals surface area contributed by atoms with E-state index in [9.17, 15) is 19.5 Å². The van der Waals surface area contributed by atoms with Gasteiger partial charge in [0.2, 0.25) is 17.7 Å². The Morgan fingerprint density at radius 1 is 1.26 bits per heavy atom. The lowest BCUT2D eigenvalue weighted by molar-refractivity contribution is -0.139. The molecule has 2 N–H and O–H groups in total. The van der Waals surface area contributed by atoms with Crippen LogP contribution < -0.4 is 15.0 Å². The average Bonchev–Trinajstić information content (AvgIpc) is 3.39. The Labute approximate surface area is 183 Å². The molecule has 170 valence electrons. The number of ether oxygens (including phenoxy) is 1. The Kier molecular flexibility index (Phi) is 7.54. The number of rotatable bonds is 8. The molecule has 31 heavy (non-hydrogen) atoms. The van der Waals surface area contributed by atoms with Crippen LogP contribution in [-0.2, 0) is 14.4 Å². The van der Waals surface area contributed by atoms with E-state index in [1.54, 1.807) is 41.2 Å². The molecular formula is C23H33N3O5. The molecule has 1 aromatic carbocycles. The van der Waals surface area contributed by atoms with Crippen LogP contribution in [0.2, 0.25) is 0 Å². The minimum atomic E-state index is -0.648. The highest BCUT2D eigenvalue weighted by Crippen LogP contribution is 2.27. The smallest absolute Gasteiger partial charge is 0.245 e. The monoisotopic (exact) mass is 431 g/mol. The van der Waals surface area contributed by atoms with Crippen molar-refractivity contribution < 1.29 is 24.2 Å². The maximum atomic E-state index is 13.1. The molecule has 0 radical (unpaired) electrons. The molecule has 2 fully saturated rings. The van der Waals surface area contributed by atoms with E-state index in [0.717, 1.165) is 18.5 Å². The average molecular weight is 432 g/mol. The zero-order valence-corrected chi connectivity index (χ0v) is 18.5. The van der Waals surface area contributed by atoms with Gasteiger partial charge in [-0.3, -0.25) is 14.4 Å². The van der Waals surface area contributed by atoms with E-state index in [0.29, 0.717) is 18.7 Å². The number of carbonyl (C=O) groups excluding carboxylic acids is 3. The molecule has 8 nitrogen and oxygen atoms in total. The van der Waals surface area contributed by atoms with Gasteiger partial charge in [-0.1, -0.05) is 13.8 Å². The van der Waals surface area contributed by atoms with Crippen molar-refractivity contribution in [3.05, 3.63) is 24.3 Å². The quantitative estimate of drug-likeness (QED) is 0.651. The lowest BCUT2D eigenvalue weighted by Gasteiger charge is -2.29. The Hall–Kier alpha value is -2.61. The molecule has 0 spiro atoms. The molecule has 2 saturated heterocycles. The van der Waals surface area contributed by atoms with Gasteiger partial charge in [0, 0.05) is 25.2 Å². The third-order valence-corrected chi connectivity index (χ3v) is 6.07. The van der Waals surface area contributed by atoms with Crippen LogP contribution in [0.25, 0.3) is 0 Å². The van der Waals surface area contributed by atoms with Crippen LogP contribution in [0, 0.1) is 11.8 Å². The van der Waals surface area contributed by atoms with Crippen molar-refractivity contribution in [3.63, 3.8) is 0 Å². The third-order valence-electron chi connectivity index (χ3n) is 6.07. The van der Waals surface area contributed by atoms with Gasteiger partial charge in [0.05, 0.1) is 25.7 Å². The zero-order valence-electron chi connectivity index (χ0n) is 18.5. The van der Waals surface area contributed by atoms with Crippen molar-refractivity contribution in [1.29, 1.82) is 0 Å². The standard InChI is InChI=1S/C23H33N3O5/c1-15(2)11-20(23(30)25-10-4-5-18(25)14-27)24-22(29)16-12-21(28)26(13-16)17-6-8-19(31-3)9-7-17/h6-9,15-16,18,20,27H,4-5,10-14H2,1-3H3,(H,24,29). The van der Waals surface area contributed by atoms with E-state index < -0.39 is 12.0 Å². The number of methoxy groups -OCH3 is 1. The Morgan fingerprint density at radius 2 is 1.97 bits per heavy atom. The van der Waals surface area contributed by atoms with Crippen LogP contribution in [0.3, 0.4) is 0 Å². The summed E-state index contributed by atoms with van der Waals surface area (Å²) in [5.74, 6) is -0.132. The fraction of sp³-hybridized carbons (Fsp3) is 0.609. The summed E-state index contributed by atoms with van der Waals surface area (Å²) in [6.07, 6.45) is 2.26. The van der Waals surface area contributed by atoms with Gasteiger partial charge in [-0.15, -0.1) is 0 Å². The molecule has 3 atom stereocenters. The van der Waals surface area contributed by atoms with Crippen molar-refractivity contribution >= 4 is 23.4 Å². The van der Waals surface area contributed by atoms with Gasteiger partial charge in [0.1, 0.15) is 11.8 Å². The first kappa shape index (κ1) is 23.1. The van der Waals surface area contributed by atoms with E-state index in [1.807, 2.05) is 13.8 Å². The van der Waals surface area contributed by atoms with Gasteiger partial charge >= 0.3 is 0 Å². The molecule has 3 unspecified atom stereocenters. The van der Waals surface area contributed by atoms with Crippen molar-refractivity contribution in [3.8, 4) is 5.75 Å². The van der Waals surface area contributed by atoms with Gasteiger partial charge in [-0.2, -0.15) is 0 Å². The Balaban J connectivity index is 1.67. The SMILES string of the molecule is COc1ccc(N2CC(C(=O)NC(CC(C)C)C(=O)N3CCCC3CO)CC2=O)cc1. The number of aliphatic hydroxyl groups excluding tert-OH is 1. The fourth-order valence-electron chi connectivity index (χ4n) is 4.39. The summed E-state index contributed by atoms with van der Waals surface area (Å²) < 4.78 is 5.15. The molecule has 1 aromatic rings. The van der Waals surface area contributed by atoms with Crippen LogP contribution in [0.1, 0.15) is 39.5 Å². The second kappa shape index (κ2) is 10.1. The number of carbonyl (C=O) groups is 3. The number of nitrogens with one attached hydrogen (secondary N) is 1. The topological polar surface area (TPSA) is 99.2 Å². The van der Waals surface area contributed by atoms with Crippen LogP contribution in [0.5, 0.6) is 5.75 Å². The highest BCUT2D eigenvalue weighted by Gasteiger charge is 2.38. The second-order valence-electron chi connectivity index (χ2n) is 8.80. The van der Waals surface area contributed by atoms with Crippen molar-refractivity contribution in [1.82, 2.24) is 10.2 Å². The predicted molar refractivity (Wildman–Crippen MR) is 117 cm³/mol. The number of benzene rings is 1. The van der Waals surface area contributed by atoms with E-state index in [1.165, 1.54) is 0 Å². The highest BCUT2D eigenvalue weighted by atomic mass is 16.5. The van der Waals surface area contributed by atoms with E-state index in [2.05, 4.69) is 5.32 Å². The molecule has 0 aromatic heterocycles. The number of hydrogen-bond acceptors (Lipinski definition) is 5. The maximum absolute atomic E-state index is 13.1. The third kappa shape index (κ3) is 5.36. The summed E-state index contributed by atoms with van der Waals surface area (Å²) in [6.45, 7) is 4.82. The first-order valence-electron chi connectivity index (χ1n) is 11.0. The number of likely N-dealkylation sites (tertiary alicyclic amines) is 1. The van der Waals surface area contributed by atoms with Gasteiger partial charge in [0.25, 0.3) is 0 Å². The van der Waals surface area contributed by atoms with Crippen LogP contribution in [0.15, 0.2) is 24.3 Å². The van der Waals surface area contributed by atoms with Gasteiger partial charge in [-0.05, 0) is 49.4 Å². The number of hydrogen-bond donors (Lipinski definition) is 2. The second-order valence-corrected chi connectivity index (χ2v) is 8.80. The predicted octanol–water partition coefficient (Wildman–Crippen LogP) is 1.56. The molecule has 0 saturated carbocycles. The first-order valence-corrected chi connectivity index (χ1v) is 11.0. The number of aliphatic hydroxyl groups is 1. The zero-order chi connectivity index (χ0) is 22.5. The Bertz CT molecular complexity index is 795. The fourth-order valence-corrected chi connectivity index (χ4v) is 4.39. The number of anilines is 1. The summed E-state index contributed by atoms with van der Waals surface area (Å²) >= 11 is 0. The van der Waals surface area contributed by atoms with Crippen molar-refractivity contribution in [2.24, 2.45) is 11.8 Å². The van der Waals surface area contributed by atoms with Crippen LogP contribution in [0.4, 0.5) is 5.69 Å². The number of amides is 3. The van der Waals surface area contributed by atoms with E-state index >= 15 is 0 Å². The summed E-state index contributed by atoms with van der Waals surface area (Å²) in [5.41, 5.74) is 0.721. The summed E-state index contributed by atoms with van der Waals surface area (Å²) in [4.78, 5) is 42.0. The van der Waals surface area contributed by atoms with E-state index in [-0.39, 0.29) is 49.3 Å². The lowest BCUT2D eigenvalue weighted by Crippen LogP contribution is -2.52. The minimum absolute atomic E-state index is 0.0674. The maximum Gasteiger partial charge on any atom is 0.245 e. The van der Waals surface area contributed by atoms with Crippen LogP contribution >= 0.6 is 0 Å². The molecule has 0 bridgehead atoms. The molecule has 3 amide bonds. The minimum Gasteiger partial charge on any atom is -0.497 e. The van der Waals surface area contributed by atoms with E-state index in [4.69, 9.17) is 4.74 Å². The molecule has 3 rings (SSSR count). The van der Waals surface area contributed by atoms with Crippen LogP contribution in [-0.4, -0.2) is 66.6 Å². The highest BCUT2D eigenvalue weighted by molar-refractivity contribution is 6.01. The first-order chi connectivity index (χ1) is 14.8. The largest absolute Gasteiger partial charge is 0.497 e. The molecule has 2 aliphatic heterocycles. The lowest BCUT2D eigenvalue weighted by atomic mass is 10.0.